The summed E-state index contributed by atoms with van der Waals surface area (Å²) in [5.41, 5.74) is 3.85. The fourth-order valence-electron chi connectivity index (χ4n) is 2.90. The van der Waals surface area contributed by atoms with Crippen molar-refractivity contribution in [2.75, 3.05) is 12.4 Å². The zero-order valence-electron chi connectivity index (χ0n) is 13.2. The van der Waals surface area contributed by atoms with Gasteiger partial charge < -0.3 is 14.5 Å². The summed E-state index contributed by atoms with van der Waals surface area (Å²) in [6, 6.07) is 20.3. The van der Waals surface area contributed by atoms with E-state index in [9.17, 15) is 0 Å². The number of nitrogens with one attached hydrogen (secondary N) is 1. The van der Waals surface area contributed by atoms with Crippen molar-refractivity contribution in [3.8, 4) is 5.75 Å². The van der Waals surface area contributed by atoms with Crippen LogP contribution >= 0.6 is 15.9 Å². The normalized spacial score (nSPS) is 11.1. The molecule has 1 N–H and O–H groups in total. The van der Waals surface area contributed by atoms with Gasteiger partial charge in [0.1, 0.15) is 16.9 Å². The lowest BCUT2D eigenvalue weighted by Crippen LogP contribution is -2.01. The molecule has 4 rings (SSSR count). The molecule has 0 aliphatic rings. The summed E-state index contributed by atoms with van der Waals surface area (Å²) in [7, 11) is 1.69. The summed E-state index contributed by atoms with van der Waals surface area (Å²) in [5, 5.41) is 5.60. The number of halogens is 1. The first-order valence-corrected chi connectivity index (χ1v) is 8.51. The Hall–Kier alpha value is -2.46. The van der Waals surface area contributed by atoms with Gasteiger partial charge in [-0.3, -0.25) is 0 Å². The second-order valence-electron chi connectivity index (χ2n) is 5.63. The molecule has 24 heavy (non-hydrogen) atoms. The van der Waals surface area contributed by atoms with Crippen molar-refractivity contribution in [2.24, 2.45) is 0 Å². The van der Waals surface area contributed by atoms with Crippen molar-refractivity contribution in [3.63, 3.8) is 0 Å². The average Bonchev–Trinajstić information content (AvgIpc) is 2.96. The third-order valence-electron chi connectivity index (χ3n) is 4.07. The average molecular weight is 382 g/mol. The first-order valence-electron chi connectivity index (χ1n) is 7.72. The van der Waals surface area contributed by atoms with Crippen LogP contribution in [-0.4, -0.2) is 7.11 Å². The van der Waals surface area contributed by atoms with Gasteiger partial charge in [0, 0.05) is 27.9 Å². The standard InChI is InChI=1S/C20H16BrNO2/c1-23-20-10-16-15-7-2-3-8-18(15)24-19(16)11-17(20)22-12-13-5-4-6-14(21)9-13/h2-11,22H,12H2,1H3. The zero-order chi connectivity index (χ0) is 16.5. The topological polar surface area (TPSA) is 34.4 Å². The molecule has 0 aliphatic heterocycles. The zero-order valence-corrected chi connectivity index (χ0v) is 14.8. The largest absolute Gasteiger partial charge is 0.495 e. The highest BCUT2D eigenvalue weighted by Gasteiger charge is 2.12. The van der Waals surface area contributed by atoms with E-state index < -0.39 is 0 Å². The number of fused-ring (bicyclic) bond motifs is 3. The molecule has 1 heterocycles. The van der Waals surface area contributed by atoms with Gasteiger partial charge in [-0.15, -0.1) is 0 Å². The number of para-hydroxylation sites is 1. The summed E-state index contributed by atoms with van der Waals surface area (Å²) in [4.78, 5) is 0. The minimum absolute atomic E-state index is 0.710. The van der Waals surface area contributed by atoms with Gasteiger partial charge in [0.2, 0.25) is 0 Å². The molecule has 0 saturated carbocycles. The Morgan fingerprint density at radius 3 is 2.67 bits per heavy atom. The van der Waals surface area contributed by atoms with E-state index in [4.69, 9.17) is 9.15 Å². The quantitative estimate of drug-likeness (QED) is 0.472. The predicted octanol–water partition coefficient (Wildman–Crippen LogP) is 5.97. The molecule has 0 amide bonds. The van der Waals surface area contributed by atoms with Crippen LogP contribution in [0.5, 0.6) is 5.75 Å². The SMILES string of the molecule is COc1cc2c(cc1NCc1cccc(Br)c1)oc1ccccc12. The molecule has 0 aliphatic carbocycles. The van der Waals surface area contributed by atoms with E-state index in [1.807, 2.05) is 42.5 Å². The maximum Gasteiger partial charge on any atom is 0.142 e. The number of anilines is 1. The van der Waals surface area contributed by atoms with Gasteiger partial charge in [-0.1, -0.05) is 46.3 Å². The van der Waals surface area contributed by atoms with Crippen LogP contribution in [0.25, 0.3) is 21.9 Å². The molecule has 1 aromatic heterocycles. The van der Waals surface area contributed by atoms with Crippen molar-refractivity contribution >= 4 is 43.6 Å². The fraction of sp³-hybridized carbons (Fsp3) is 0.100. The molecule has 0 saturated heterocycles. The third-order valence-corrected chi connectivity index (χ3v) is 4.56. The van der Waals surface area contributed by atoms with Crippen LogP contribution in [0.2, 0.25) is 0 Å². The molecule has 4 heteroatoms. The van der Waals surface area contributed by atoms with Gasteiger partial charge >= 0.3 is 0 Å². The lowest BCUT2D eigenvalue weighted by molar-refractivity contribution is 0.417. The fourth-order valence-corrected chi connectivity index (χ4v) is 3.35. The summed E-state index contributed by atoms with van der Waals surface area (Å²) >= 11 is 3.50. The molecule has 0 unspecified atom stereocenters. The van der Waals surface area contributed by atoms with Gasteiger partial charge in [0.25, 0.3) is 0 Å². The van der Waals surface area contributed by atoms with Crippen LogP contribution in [0.4, 0.5) is 5.69 Å². The molecule has 0 spiro atoms. The van der Waals surface area contributed by atoms with Gasteiger partial charge in [-0.05, 0) is 29.8 Å². The van der Waals surface area contributed by atoms with E-state index in [1.165, 1.54) is 5.56 Å². The van der Waals surface area contributed by atoms with E-state index in [2.05, 4.69) is 39.4 Å². The summed E-state index contributed by atoms with van der Waals surface area (Å²) < 4.78 is 12.6. The van der Waals surface area contributed by atoms with Gasteiger partial charge in [0.05, 0.1) is 12.8 Å². The number of methoxy groups -OCH3 is 1. The highest BCUT2D eigenvalue weighted by molar-refractivity contribution is 9.10. The number of rotatable bonds is 4. The maximum atomic E-state index is 5.96. The molecular weight excluding hydrogens is 366 g/mol. The smallest absolute Gasteiger partial charge is 0.142 e. The number of hydrogen-bond acceptors (Lipinski definition) is 3. The monoisotopic (exact) mass is 381 g/mol. The van der Waals surface area contributed by atoms with Gasteiger partial charge in [-0.25, -0.2) is 0 Å². The molecule has 0 bridgehead atoms. The van der Waals surface area contributed by atoms with Crippen LogP contribution in [-0.2, 0) is 6.54 Å². The van der Waals surface area contributed by atoms with Crippen LogP contribution in [0.1, 0.15) is 5.56 Å². The van der Waals surface area contributed by atoms with Crippen molar-refractivity contribution in [1.82, 2.24) is 0 Å². The number of ether oxygens (including phenoxy) is 1. The minimum atomic E-state index is 0.710. The van der Waals surface area contributed by atoms with Crippen LogP contribution in [0.15, 0.2) is 69.6 Å². The summed E-state index contributed by atoms with van der Waals surface area (Å²) in [6.07, 6.45) is 0. The van der Waals surface area contributed by atoms with E-state index in [0.29, 0.717) is 6.54 Å². The van der Waals surface area contributed by atoms with E-state index >= 15 is 0 Å². The highest BCUT2D eigenvalue weighted by atomic mass is 79.9. The lowest BCUT2D eigenvalue weighted by atomic mass is 10.1. The Labute approximate surface area is 148 Å². The first kappa shape index (κ1) is 15.1. The molecule has 120 valence electrons. The van der Waals surface area contributed by atoms with E-state index in [1.54, 1.807) is 7.11 Å². The third kappa shape index (κ3) is 2.74. The van der Waals surface area contributed by atoms with Gasteiger partial charge in [0.15, 0.2) is 0 Å². The number of hydrogen-bond donors (Lipinski definition) is 1. The lowest BCUT2D eigenvalue weighted by Gasteiger charge is -2.11. The van der Waals surface area contributed by atoms with Crippen molar-refractivity contribution in [3.05, 3.63) is 70.7 Å². The number of benzene rings is 3. The van der Waals surface area contributed by atoms with Crippen molar-refractivity contribution in [2.45, 2.75) is 6.54 Å². The first-order chi connectivity index (χ1) is 11.7. The molecule has 3 nitrogen and oxygen atoms in total. The Morgan fingerprint density at radius 1 is 0.958 bits per heavy atom. The second kappa shape index (κ2) is 6.21. The van der Waals surface area contributed by atoms with E-state index in [0.717, 1.165) is 37.8 Å². The highest BCUT2D eigenvalue weighted by Crippen LogP contribution is 2.36. The Morgan fingerprint density at radius 2 is 1.83 bits per heavy atom. The summed E-state index contributed by atoms with van der Waals surface area (Å²) in [6.45, 7) is 0.710. The second-order valence-corrected chi connectivity index (χ2v) is 6.55. The molecule has 0 radical (unpaired) electrons. The predicted molar refractivity (Wildman–Crippen MR) is 102 cm³/mol. The minimum Gasteiger partial charge on any atom is -0.495 e. The van der Waals surface area contributed by atoms with Crippen molar-refractivity contribution < 1.29 is 9.15 Å². The van der Waals surface area contributed by atoms with E-state index in [-0.39, 0.29) is 0 Å². The molecule has 4 aromatic rings. The Kier molecular flexibility index (Phi) is 3.90. The Bertz CT molecular complexity index is 1020. The molecular formula is C20H16BrNO2. The summed E-state index contributed by atoms with van der Waals surface area (Å²) in [5.74, 6) is 0.809. The van der Waals surface area contributed by atoms with Crippen molar-refractivity contribution in [1.29, 1.82) is 0 Å². The van der Waals surface area contributed by atoms with Crippen LogP contribution in [0.3, 0.4) is 0 Å². The molecule has 3 aromatic carbocycles. The van der Waals surface area contributed by atoms with Gasteiger partial charge in [-0.2, -0.15) is 0 Å². The Balaban J connectivity index is 1.72. The number of furan rings is 1. The molecule has 0 atom stereocenters. The van der Waals surface area contributed by atoms with Crippen LogP contribution < -0.4 is 10.1 Å². The maximum absolute atomic E-state index is 5.96. The van der Waals surface area contributed by atoms with Crippen LogP contribution in [0, 0.1) is 0 Å². The molecule has 0 fully saturated rings.